The van der Waals surface area contributed by atoms with Gasteiger partial charge in [-0.3, -0.25) is 4.90 Å². The molecular formula is C16H19N. The lowest BCUT2D eigenvalue weighted by Crippen LogP contribution is -2.18. The highest BCUT2D eigenvalue weighted by Gasteiger charge is 2.17. The Bertz CT molecular complexity index is 483. The molecule has 0 aromatic rings. The minimum atomic E-state index is 1.12. The molecule has 0 bridgehead atoms. The Kier molecular flexibility index (Phi) is 2.86. The standard InChI is InChI=1S/C16H19N/c1-13-11-14(12-17-9-5-6-10-17)16-8-4-2-3-7-15(13)16/h2-4,7-8,11H,5-6,9-10,12H2,1H3. The maximum atomic E-state index is 2.57. The van der Waals surface area contributed by atoms with Gasteiger partial charge in [0.05, 0.1) is 0 Å². The van der Waals surface area contributed by atoms with Gasteiger partial charge < -0.3 is 0 Å². The van der Waals surface area contributed by atoms with E-state index in [0.717, 1.165) is 6.54 Å². The summed E-state index contributed by atoms with van der Waals surface area (Å²) in [5.41, 5.74) is 5.74. The molecule has 3 rings (SSSR count). The highest BCUT2D eigenvalue weighted by Crippen LogP contribution is 2.32. The van der Waals surface area contributed by atoms with E-state index in [4.69, 9.17) is 0 Å². The van der Waals surface area contributed by atoms with E-state index in [2.05, 4.69) is 48.2 Å². The fourth-order valence-electron chi connectivity index (χ4n) is 2.90. The number of rotatable bonds is 2. The molecule has 3 aliphatic rings. The molecular weight excluding hydrogens is 206 g/mol. The molecule has 1 heterocycles. The van der Waals surface area contributed by atoms with Crippen molar-refractivity contribution in [3.8, 4) is 11.1 Å². The van der Waals surface area contributed by atoms with Crippen molar-refractivity contribution >= 4 is 0 Å². The number of aryl methyl sites for hydroxylation is 1. The molecule has 1 fully saturated rings. The number of nitrogens with zero attached hydrogens (tertiary/aromatic N) is 1. The van der Waals surface area contributed by atoms with Crippen LogP contribution in [0, 0.1) is 6.92 Å². The van der Waals surface area contributed by atoms with E-state index < -0.39 is 0 Å². The van der Waals surface area contributed by atoms with Crippen molar-refractivity contribution in [2.45, 2.75) is 26.3 Å². The van der Waals surface area contributed by atoms with Crippen molar-refractivity contribution < 1.29 is 0 Å². The molecule has 0 N–H and O–H groups in total. The van der Waals surface area contributed by atoms with Crippen LogP contribution in [0.1, 0.15) is 24.0 Å². The zero-order valence-electron chi connectivity index (χ0n) is 10.4. The first-order valence-electron chi connectivity index (χ1n) is 6.54. The minimum absolute atomic E-state index is 1.12. The molecule has 17 heavy (non-hydrogen) atoms. The third-order valence-corrected chi connectivity index (χ3v) is 3.79. The second-order valence-electron chi connectivity index (χ2n) is 5.07. The number of fused-ring (bicyclic) bond motifs is 1. The molecule has 0 amide bonds. The van der Waals surface area contributed by atoms with Gasteiger partial charge in [-0.15, -0.1) is 0 Å². The van der Waals surface area contributed by atoms with Gasteiger partial charge in [0.15, 0.2) is 0 Å². The number of hydrogen-bond donors (Lipinski definition) is 0. The maximum Gasteiger partial charge on any atom is 0.0240 e. The first kappa shape index (κ1) is 10.8. The third kappa shape index (κ3) is 2.07. The van der Waals surface area contributed by atoms with Crippen LogP contribution in [0.3, 0.4) is 0 Å². The van der Waals surface area contributed by atoms with Crippen molar-refractivity contribution in [3.05, 3.63) is 47.5 Å². The van der Waals surface area contributed by atoms with Gasteiger partial charge in [0.2, 0.25) is 0 Å². The quantitative estimate of drug-likeness (QED) is 0.753. The van der Waals surface area contributed by atoms with Crippen molar-refractivity contribution in [3.63, 3.8) is 0 Å². The molecule has 0 aromatic heterocycles. The van der Waals surface area contributed by atoms with E-state index in [1.54, 1.807) is 0 Å². The summed E-state index contributed by atoms with van der Waals surface area (Å²) in [5, 5.41) is 0. The summed E-state index contributed by atoms with van der Waals surface area (Å²) in [6, 6.07) is 13.2. The third-order valence-electron chi connectivity index (χ3n) is 3.79. The summed E-state index contributed by atoms with van der Waals surface area (Å²) in [6.07, 6.45) is 2.73. The van der Waals surface area contributed by atoms with E-state index >= 15 is 0 Å². The molecule has 88 valence electrons. The van der Waals surface area contributed by atoms with Crippen LogP contribution in [0.2, 0.25) is 0 Å². The zero-order chi connectivity index (χ0) is 11.7. The largest absolute Gasteiger partial charge is 0.299 e. The first-order valence-corrected chi connectivity index (χ1v) is 6.54. The molecule has 1 aliphatic heterocycles. The number of likely N-dealkylation sites (tertiary alicyclic amines) is 1. The Morgan fingerprint density at radius 1 is 1.00 bits per heavy atom. The van der Waals surface area contributed by atoms with Crippen molar-refractivity contribution in [1.29, 1.82) is 0 Å². The fourth-order valence-corrected chi connectivity index (χ4v) is 2.90. The second kappa shape index (κ2) is 4.50. The van der Waals surface area contributed by atoms with Crippen molar-refractivity contribution in [2.24, 2.45) is 0 Å². The van der Waals surface area contributed by atoms with E-state index in [0.29, 0.717) is 0 Å². The average Bonchev–Trinajstić information content (AvgIpc) is 2.82. The molecule has 0 spiro atoms. The van der Waals surface area contributed by atoms with Crippen LogP contribution in [0.5, 0.6) is 0 Å². The highest BCUT2D eigenvalue weighted by molar-refractivity contribution is 5.74. The smallest absolute Gasteiger partial charge is 0.0240 e. The molecule has 0 aromatic carbocycles. The van der Waals surface area contributed by atoms with Gasteiger partial charge in [0.1, 0.15) is 0 Å². The van der Waals surface area contributed by atoms with Gasteiger partial charge in [0, 0.05) is 6.54 Å². The SMILES string of the molecule is Cc1cc(CN2CCCC2)c2cccccc1-2. The fraction of sp³-hybridized carbons (Fsp3) is 0.375. The second-order valence-corrected chi connectivity index (χ2v) is 5.07. The lowest BCUT2D eigenvalue weighted by Gasteiger charge is -2.14. The van der Waals surface area contributed by atoms with Gasteiger partial charge in [-0.1, -0.05) is 36.4 Å². The predicted octanol–water partition coefficient (Wildman–Crippen LogP) is 3.70. The van der Waals surface area contributed by atoms with Gasteiger partial charge in [-0.2, -0.15) is 0 Å². The molecule has 2 aliphatic carbocycles. The van der Waals surface area contributed by atoms with Crippen molar-refractivity contribution in [1.82, 2.24) is 4.90 Å². The predicted molar refractivity (Wildman–Crippen MR) is 72.3 cm³/mol. The Balaban J connectivity index is 1.95. The van der Waals surface area contributed by atoms with Crippen LogP contribution in [0.4, 0.5) is 0 Å². The topological polar surface area (TPSA) is 3.24 Å². The molecule has 0 unspecified atom stereocenters. The lowest BCUT2D eigenvalue weighted by molar-refractivity contribution is 0.332. The molecule has 0 radical (unpaired) electrons. The minimum Gasteiger partial charge on any atom is -0.299 e. The summed E-state index contributed by atoms with van der Waals surface area (Å²) in [6.45, 7) is 5.87. The van der Waals surface area contributed by atoms with Gasteiger partial charge in [-0.05, 0) is 55.1 Å². The average molecular weight is 225 g/mol. The number of hydrogen-bond acceptors (Lipinski definition) is 1. The Morgan fingerprint density at radius 3 is 2.47 bits per heavy atom. The zero-order valence-corrected chi connectivity index (χ0v) is 10.4. The molecule has 0 saturated carbocycles. The van der Waals surface area contributed by atoms with Crippen LogP contribution < -0.4 is 0 Å². The highest BCUT2D eigenvalue weighted by atomic mass is 15.1. The summed E-state index contributed by atoms with van der Waals surface area (Å²) in [7, 11) is 0. The molecule has 0 atom stereocenters. The normalized spacial score (nSPS) is 16.8. The van der Waals surface area contributed by atoms with E-state index in [9.17, 15) is 0 Å². The Hall–Kier alpha value is -1.34. The summed E-state index contributed by atoms with van der Waals surface area (Å²) >= 11 is 0. The van der Waals surface area contributed by atoms with Gasteiger partial charge in [-0.25, -0.2) is 0 Å². The Morgan fingerprint density at radius 2 is 1.71 bits per heavy atom. The van der Waals surface area contributed by atoms with Crippen LogP contribution >= 0.6 is 0 Å². The van der Waals surface area contributed by atoms with E-state index in [1.165, 1.54) is 48.2 Å². The molecule has 1 nitrogen and oxygen atoms in total. The van der Waals surface area contributed by atoms with Gasteiger partial charge in [0.25, 0.3) is 0 Å². The molecule has 1 heteroatoms. The van der Waals surface area contributed by atoms with Crippen molar-refractivity contribution in [2.75, 3.05) is 13.1 Å². The monoisotopic (exact) mass is 225 g/mol. The summed E-state index contributed by atoms with van der Waals surface area (Å²) in [5.74, 6) is 0. The van der Waals surface area contributed by atoms with Crippen LogP contribution in [-0.4, -0.2) is 18.0 Å². The first-order chi connectivity index (χ1) is 8.34. The Labute approximate surface area is 103 Å². The lowest BCUT2D eigenvalue weighted by atomic mass is 10.1. The van der Waals surface area contributed by atoms with E-state index in [-0.39, 0.29) is 0 Å². The van der Waals surface area contributed by atoms with Gasteiger partial charge >= 0.3 is 0 Å². The van der Waals surface area contributed by atoms with Crippen LogP contribution in [0.25, 0.3) is 11.1 Å². The van der Waals surface area contributed by atoms with E-state index in [1.807, 2.05) is 0 Å². The molecule has 1 saturated heterocycles. The summed E-state index contributed by atoms with van der Waals surface area (Å²) < 4.78 is 0. The summed E-state index contributed by atoms with van der Waals surface area (Å²) in [4.78, 5) is 2.57. The van der Waals surface area contributed by atoms with Crippen LogP contribution in [0.15, 0.2) is 36.4 Å². The van der Waals surface area contributed by atoms with Crippen LogP contribution in [-0.2, 0) is 6.54 Å². The maximum absolute atomic E-state index is 2.57.